The Bertz CT molecular complexity index is 266. The van der Waals surface area contributed by atoms with Crippen molar-refractivity contribution < 1.29 is 9.90 Å². The van der Waals surface area contributed by atoms with Crippen LogP contribution < -0.4 is 0 Å². The molecular weight excluding hydrogens is 204 g/mol. The predicted molar refractivity (Wildman–Crippen MR) is 64.5 cm³/mol. The van der Waals surface area contributed by atoms with E-state index in [0.29, 0.717) is 11.6 Å². The average Bonchev–Trinajstić information content (AvgIpc) is 2.26. The summed E-state index contributed by atoms with van der Waals surface area (Å²) in [5.74, 6) is -0.819. The lowest BCUT2D eigenvalue weighted by atomic mass is 10.2. The first-order valence-electron chi connectivity index (χ1n) is 5.87. The maximum Gasteiger partial charge on any atom is 0.330 e. The Morgan fingerprint density at radius 2 is 1.88 bits per heavy atom. The predicted octanol–water partition coefficient (Wildman–Crippen LogP) is 1.04. The molecule has 92 valence electrons. The highest BCUT2D eigenvalue weighted by molar-refractivity contribution is 5.85. The van der Waals surface area contributed by atoms with Crippen molar-refractivity contribution in [2.75, 3.05) is 32.7 Å². The Morgan fingerprint density at radius 3 is 2.31 bits per heavy atom. The molecule has 1 fully saturated rings. The van der Waals surface area contributed by atoms with Crippen LogP contribution >= 0.6 is 0 Å². The van der Waals surface area contributed by atoms with Crippen molar-refractivity contribution in [3.8, 4) is 0 Å². The van der Waals surface area contributed by atoms with Gasteiger partial charge in [-0.15, -0.1) is 0 Å². The number of nitrogens with zero attached hydrogens (tertiary/aromatic N) is 2. The number of piperazine rings is 1. The summed E-state index contributed by atoms with van der Waals surface area (Å²) in [6.07, 6.45) is 1.80. The molecule has 1 aliphatic rings. The van der Waals surface area contributed by atoms with E-state index < -0.39 is 5.97 Å². The SMILES string of the molecule is CC(=CCN1CCN(C(C)C)CC1)C(=O)O. The van der Waals surface area contributed by atoms with Crippen molar-refractivity contribution in [1.29, 1.82) is 0 Å². The van der Waals surface area contributed by atoms with E-state index in [2.05, 4.69) is 23.6 Å². The van der Waals surface area contributed by atoms with Crippen molar-refractivity contribution in [1.82, 2.24) is 9.80 Å². The second-order valence-electron chi connectivity index (χ2n) is 4.62. The normalized spacial score (nSPS) is 20.4. The van der Waals surface area contributed by atoms with E-state index in [9.17, 15) is 4.79 Å². The van der Waals surface area contributed by atoms with Crippen LogP contribution in [-0.2, 0) is 4.79 Å². The van der Waals surface area contributed by atoms with E-state index in [4.69, 9.17) is 5.11 Å². The molecule has 0 saturated carbocycles. The molecule has 0 bridgehead atoms. The highest BCUT2D eigenvalue weighted by Crippen LogP contribution is 2.06. The minimum Gasteiger partial charge on any atom is -0.478 e. The zero-order valence-corrected chi connectivity index (χ0v) is 10.4. The lowest BCUT2D eigenvalue weighted by Gasteiger charge is -2.36. The van der Waals surface area contributed by atoms with Gasteiger partial charge < -0.3 is 5.11 Å². The summed E-state index contributed by atoms with van der Waals surface area (Å²) in [6, 6.07) is 0.610. The fourth-order valence-corrected chi connectivity index (χ4v) is 1.82. The van der Waals surface area contributed by atoms with E-state index in [1.54, 1.807) is 13.0 Å². The van der Waals surface area contributed by atoms with Gasteiger partial charge in [-0.25, -0.2) is 4.79 Å². The quantitative estimate of drug-likeness (QED) is 0.728. The van der Waals surface area contributed by atoms with Crippen LogP contribution in [0.15, 0.2) is 11.6 Å². The number of carbonyl (C=O) groups is 1. The van der Waals surface area contributed by atoms with Crippen LogP contribution in [0, 0.1) is 0 Å². The van der Waals surface area contributed by atoms with Gasteiger partial charge in [0, 0.05) is 44.3 Å². The second kappa shape index (κ2) is 6.01. The Balaban J connectivity index is 2.32. The van der Waals surface area contributed by atoms with Crippen LogP contribution in [-0.4, -0.2) is 59.6 Å². The number of carboxylic acid groups (broad SMARTS) is 1. The van der Waals surface area contributed by atoms with Crippen molar-refractivity contribution in [2.24, 2.45) is 0 Å². The molecule has 0 aromatic rings. The monoisotopic (exact) mass is 226 g/mol. The fraction of sp³-hybridized carbons (Fsp3) is 0.750. The van der Waals surface area contributed by atoms with E-state index >= 15 is 0 Å². The Kier molecular flexibility index (Phi) is 4.96. The van der Waals surface area contributed by atoms with Crippen LogP contribution in [0.25, 0.3) is 0 Å². The standard InChI is InChI=1S/C12H22N2O2/c1-10(2)14-8-6-13(7-9-14)5-4-11(3)12(15)16/h4,10H,5-9H2,1-3H3,(H,15,16). The van der Waals surface area contributed by atoms with E-state index in [-0.39, 0.29) is 0 Å². The minimum absolute atomic E-state index is 0.436. The molecule has 4 heteroatoms. The van der Waals surface area contributed by atoms with Crippen LogP contribution in [0.2, 0.25) is 0 Å². The third-order valence-corrected chi connectivity index (χ3v) is 3.13. The van der Waals surface area contributed by atoms with Crippen LogP contribution in [0.1, 0.15) is 20.8 Å². The van der Waals surface area contributed by atoms with Gasteiger partial charge in [0.15, 0.2) is 0 Å². The van der Waals surface area contributed by atoms with E-state index in [0.717, 1.165) is 32.7 Å². The average molecular weight is 226 g/mol. The molecule has 16 heavy (non-hydrogen) atoms. The highest BCUT2D eigenvalue weighted by atomic mass is 16.4. The Labute approximate surface area is 97.5 Å². The van der Waals surface area contributed by atoms with E-state index in [1.165, 1.54) is 0 Å². The van der Waals surface area contributed by atoms with Crippen molar-refractivity contribution in [3.63, 3.8) is 0 Å². The molecule has 0 radical (unpaired) electrons. The third kappa shape index (κ3) is 3.94. The molecule has 4 nitrogen and oxygen atoms in total. The van der Waals surface area contributed by atoms with Crippen LogP contribution in [0.5, 0.6) is 0 Å². The van der Waals surface area contributed by atoms with Gasteiger partial charge in [0.1, 0.15) is 0 Å². The van der Waals surface area contributed by atoms with Crippen LogP contribution in [0.3, 0.4) is 0 Å². The lowest BCUT2D eigenvalue weighted by molar-refractivity contribution is -0.132. The molecule has 1 rings (SSSR count). The number of hydrogen-bond acceptors (Lipinski definition) is 3. The summed E-state index contributed by atoms with van der Waals surface area (Å²) < 4.78 is 0. The molecular formula is C12H22N2O2. The zero-order valence-electron chi connectivity index (χ0n) is 10.4. The summed E-state index contributed by atoms with van der Waals surface area (Å²) >= 11 is 0. The summed E-state index contributed by atoms with van der Waals surface area (Å²) in [5, 5.41) is 8.73. The maximum absolute atomic E-state index is 10.6. The van der Waals surface area contributed by atoms with Crippen molar-refractivity contribution in [2.45, 2.75) is 26.8 Å². The number of aliphatic carboxylic acids is 1. The summed E-state index contributed by atoms with van der Waals surface area (Å²) in [5.41, 5.74) is 0.436. The van der Waals surface area contributed by atoms with Gasteiger partial charge in [0.05, 0.1) is 0 Å². The first-order chi connectivity index (χ1) is 7.50. The first-order valence-corrected chi connectivity index (χ1v) is 5.87. The molecule has 1 heterocycles. The van der Waals surface area contributed by atoms with Gasteiger partial charge in [-0.05, 0) is 20.8 Å². The van der Waals surface area contributed by atoms with Gasteiger partial charge in [0.25, 0.3) is 0 Å². The number of rotatable bonds is 4. The molecule has 0 spiro atoms. The molecule has 1 saturated heterocycles. The van der Waals surface area contributed by atoms with Crippen molar-refractivity contribution in [3.05, 3.63) is 11.6 Å². The van der Waals surface area contributed by atoms with Crippen molar-refractivity contribution >= 4 is 5.97 Å². The topological polar surface area (TPSA) is 43.8 Å². The van der Waals surface area contributed by atoms with Crippen LogP contribution in [0.4, 0.5) is 0 Å². The van der Waals surface area contributed by atoms with Gasteiger partial charge in [-0.3, -0.25) is 9.80 Å². The molecule has 0 aliphatic carbocycles. The summed E-state index contributed by atoms with van der Waals surface area (Å²) in [6.45, 7) is 11.0. The number of carboxylic acids is 1. The lowest BCUT2D eigenvalue weighted by Crippen LogP contribution is -2.48. The molecule has 0 aromatic heterocycles. The third-order valence-electron chi connectivity index (χ3n) is 3.13. The van der Waals surface area contributed by atoms with Gasteiger partial charge in [-0.1, -0.05) is 6.08 Å². The van der Waals surface area contributed by atoms with E-state index in [1.807, 2.05) is 0 Å². The molecule has 0 atom stereocenters. The molecule has 0 aromatic carbocycles. The Hall–Kier alpha value is -0.870. The van der Waals surface area contributed by atoms with Gasteiger partial charge >= 0.3 is 5.97 Å². The van der Waals surface area contributed by atoms with Gasteiger partial charge in [0.2, 0.25) is 0 Å². The number of hydrogen-bond donors (Lipinski definition) is 1. The minimum atomic E-state index is -0.819. The smallest absolute Gasteiger partial charge is 0.330 e. The maximum atomic E-state index is 10.6. The fourth-order valence-electron chi connectivity index (χ4n) is 1.82. The second-order valence-corrected chi connectivity index (χ2v) is 4.62. The Morgan fingerprint density at radius 1 is 1.31 bits per heavy atom. The molecule has 0 amide bonds. The summed E-state index contributed by atoms with van der Waals surface area (Å²) in [4.78, 5) is 15.4. The largest absolute Gasteiger partial charge is 0.478 e. The summed E-state index contributed by atoms with van der Waals surface area (Å²) in [7, 11) is 0. The molecule has 0 unspecified atom stereocenters. The first kappa shape index (κ1) is 13.2. The molecule has 1 N–H and O–H groups in total. The molecule has 1 aliphatic heterocycles. The highest BCUT2D eigenvalue weighted by Gasteiger charge is 2.17. The van der Waals surface area contributed by atoms with Gasteiger partial charge in [-0.2, -0.15) is 0 Å². The zero-order chi connectivity index (χ0) is 12.1.